The molecule has 0 aliphatic carbocycles. The second-order valence-electron chi connectivity index (χ2n) is 12.6. The van der Waals surface area contributed by atoms with Crippen LogP contribution in [0.3, 0.4) is 0 Å². The number of carbonyl (C=O) groups excluding carboxylic acids is 1. The third-order valence-electron chi connectivity index (χ3n) is 8.97. The summed E-state index contributed by atoms with van der Waals surface area (Å²) in [4.78, 5) is 23.1. The third-order valence-corrected chi connectivity index (χ3v) is 16.5. The maximum absolute atomic E-state index is 12.7. The fraction of sp³-hybridized carbons (Fsp3) is 0.342. The van der Waals surface area contributed by atoms with Crippen LogP contribution in [0.25, 0.3) is 0 Å². The number of unbranched alkanes of at least 4 members (excludes halogenated alkanes) is 4. The number of carbonyl (C=O) groups is 1. The number of halogens is 1. The van der Waals surface area contributed by atoms with E-state index < -0.39 is 29.6 Å². The molecule has 4 rings (SSSR count). The summed E-state index contributed by atoms with van der Waals surface area (Å²) in [7, 11) is 0. The van der Waals surface area contributed by atoms with Gasteiger partial charge in [-0.3, -0.25) is 10.1 Å². The summed E-state index contributed by atoms with van der Waals surface area (Å²) >= 11 is 8.33. The van der Waals surface area contributed by atoms with Crippen molar-refractivity contribution in [2.24, 2.45) is 0 Å². The number of nitrogens with zero attached hydrogens (tertiary/aromatic N) is 1. The average Bonchev–Trinajstić information content (AvgIpc) is 3.06. The van der Waals surface area contributed by atoms with Crippen LogP contribution >= 0.6 is 17.2 Å². The van der Waals surface area contributed by atoms with Crippen LogP contribution in [-0.4, -0.2) is 39.9 Å². The third kappa shape index (κ3) is 8.46. The number of rotatable bonds is 16. The van der Waals surface area contributed by atoms with Crippen molar-refractivity contribution in [3.8, 4) is 0 Å². The molecule has 250 valence electrons. The van der Waals surface area contributed by atoms with Crippen molar-refractivity contribution in [3.05, 3.63) is 129 Å². The molecule has 0 aromatic heterocycles. The van der Waals surface area contributed by atoms with Crippen molar-refractivity contribution in [2.45, 2.75) is 71.4 Å². The summed E-state index contributed by atoms with van der Waals surface area (Å²) in [6, 6.07) is 30.5. The number of nitrogens with one attached hydrogen (secondary N) is 1. The van der Waals surface area contributed by atoms with E-state index in [0.29, 0.717) is 12.0 Å². The summed E-state index contributed by atoms with van der Waals surface area (Å²) in [5.74, 6) is -3.62. The molecule has 4 aromatic carbocycles. The first-order chi connectivity index (χ1) is 22.5. The Morgan fingerprint density at radius 3 is 1.70 bits per heavy atom. The van der Waals surface area contributed by atoms with Gasteiger partial charge in [-0.05, 0) is 12.1 Å². The number of aryl methyl sites for hydroxylation is 3. The number of aliphatic hydroxyl groups is 2. The van der Waals surface area contributed by atoms with E-state index in [4.69, 9.17) is 11.2 Å². The van der Waals surface area contributed by atoms with Crippen LogP contribution in [0, 0.1) is 30.9 Å². The Hall–Kier alpha value is -3.61. The van der Waals surface area contributed by atoms with Gasteiger partial charge in [0, 0.05) is 12.1 Å². The first-order valence-corrected chi connectivity index (χ1v) is 19.6. The Balaban J connectivity index is 1.40. The number of benzene rings is 4. The first-order valence-electron chi connectivity index (χ1n) is 16.2. The molecule has 0 radical (unpaired) electrons. The zero-order valence-electron chi connectivity index (χ0n) is 27.4. The molecule has 0 spiro atoms. The molecule has 9 heteroatoms. The molecule has 0 aliphatic rings. The van der Waals surface area contributed by atoms with Crippen LogP contribution in [-0.2, 0) is 4.79 Å². The van der Waals surface area contributed by atoms with Gasteiger partial charge in [0.25, 0.3) is 5.69 Å². The van der Waals surface area contributed by atoms with Crippen LogP contribution in [0.15, 0.2) is 97.1 Å². The van der Waals surface area contributed by atoms with Gasteiger partial charge in [-0.2, -0.15) is 0 Å². The first kappa shape index (κ1) is 36.2. The number of hydrogen-bond donors (Lipinski definition) is 3. The van der Waals surface area contributed by atoms with Gasteiger partial charge < -0.3 is 0 Å². The van der Waals surface area contributed by atoms with E-state index in [-0.39, 0.29) is 18.0 Å². The van der Waals surface area contributed by atoms with Gasteiger partial charge in [0.1, 0.15) is 0 Å². The van der Waals surface area contributed by atoms with Gasteiger partial charge in [-0.15, -0.1) is 0 Å². The molecular formula is C38H46ClN2O5P. The fourth-order valence-corrected chi connectivity index (χ4v) is 12.7. The minimum absolute atomic E-state index is 0.0971. The normalized spacial score (nSPS) is 13.7. The average molecular weight is 677 g/mol. The van der Waals surface area contributed by atoms with Crippen molar-refractivity contribution in [3.63, 3.8) is 0 Å². The molecule has 7 nitrogen and oxygen atoms in total. The Bertz CT molecular complexity index is 1570. The van der Waals surface area contributed by atoms with Crippen molar-refractivity contribution in [2.75, 3.05) is 12.8 Å². The van der Waals surface area contributed by atoms with Crippen molar-refractivity contribution >= 4 is 44.7 Å². The topological polar surface area (TPSA) is 113 Å². The maximum atomic E-state index is 12.7. The fourth-order valence-electron chi connectivity index (χ4n) is 6.34. The van der Waals surface area contributed by atoms with Crippen molar-refractivity contribution < 1.29 is 19.9 Å². The molecule has 4 aromatic rings. The van der Waals surface area contributed by atoms with Crippen LogP contribution in [0.2, 0.25) is 0 Å². The van der Waals surface area contributed by atoms with E-state index in [0.717, 1.165) is 31.8 Å². The molecule has 0 bridgehead atoms. The predicted octanol–water partition coefficient (Wildman–Crippen LogP) is 7.05. The number of hydrogen-bond acceptors (Lipinski definition) is 5. The monoisotopic (exact) mass is 676 g/mol. The van der Waals surface area contributed by atoms with Crippen molar-refractivity contribution in [1.82, 2.24) is 5.32 Å². The Labute approximate surface area is 282 Å². The number of non-ortho nitro benzene ring substituents is 1. The molecule has 0 heterocycles. The Kier molecular flexibility index (Phi) is 12.3. The molecule has 0 saturated carbocycles. The molecule has 0 unspecified atom stereocenters. The molecule has 2 atom stereocenters. The molecule has 1 amide bonds. The number of amides is 1. The zero-order valence-corrected chi connectivity index (χ0v) is 29.1. The van der Waals surface area contributed by atoms with Gasteiger partial charge in [0.2, 0.25) is 0 Å². The summed E-state index contributed by atoms with van der Waals surface area (Å²) < 4.78 is 0. The van der Waals surface area contributed by atoms with E-state index in [9.17, 15) is 25.1 Å². The van der Waals surface area contributed by atoms with Crippen molar-refractivity contribution in [1.29, 1.82) is 0 Å². The number of nitro groups is 1. The van der Waals surface area contributed by atoms with E-state index >= 15 is 0 Å². The number of nitro benzene ring substituents is 1. The molecule has 47 heavy (non-hydrogen) atoms. The van der Waals surface area contributed by atoms with Gasteiger partial charge in [-0.1, -0.05) is 0 Å². The molecule has 0 aliphatic heterocycles. The molecular weight excluding hydrogens is 631 g/mol. The van der Waals surface area contributed by atoms with E-state index in [2.05, 4.69) is 98.9 Å². The summed E-state index contributed by atoms with van der Waals surface area (Å²) in [5, 5.41) is 37.6. The Morgan fingerprint density at radius 1 is 0.787 bits per heavy atom. The zero-order chi connectivity index (χ0) is 34.1. The Morgan fingerprint density at radius 2 is 1.26 bits per heavy atom. The molecule has 0 saturated heterocycles. The summed E-state index contributed by atoms with van der Waals surface area (Å²) in [6.45, 7) is 5.88. The van der Waals surface area contributed by atoms with Crippen LogP contribution in [0.4, 0.5) is 5.69 Å². The van der Waals surface area contributed by atoms with Gasteiger partial charge in [-0.25, -0.2) is 0 Å². The second kappa shape index (κ2) is 16.0. The molecule has 3 N–H and O–H groups in total. The summed E-state index contributed by atoms with van der Waals surface area (Å²) in [5.41, 5.74) is 3.83. The standard InChI is InChI=1S/C38H46ClN2O5P/c1-28-12-9-15-33(24-28)47(39,34-16-10-13-29(2)25-34,35-17-11-14-30(3)26-35)23-8-6-4-5-7-18-37(43)40-36(27-42)38(44)31-19-21-32(22-20-31)41(45)46/h9-17,19-22,24-26,36,38,42,44H,4-8,18,23,27H2,1-3H3,(H,40,43)/t36-,38-/m1/s1. The van der Waals surface area contributed by atoms with Gasteiger partial charge in [0.15, 0.2) is 0 Å². The van der Waals surface area contributed by atoms with E-state index in [1.807, 2.05) is 0 Å². The van der Waals surface area contributed by atoms with E-state index in [1.165, 1.54) is 56.9 Å². The van der Waals surface area contributed by atoms with Gasteiger partial charge >= 0.3 is 239 Å². The molecule has 0 fully saturated rings. The quantitative estimate of drug-likeness (QED) is 0.0509. The predicted molar refractivity (Wildman–Crippen MR) is 195 cm³/mol. The SMILES string of the molecule is Cc1cccc(P(Cl)(CCCCCCCC(=O)N[C@H](CO)[C@H](O)c2ccc([N+](=O)[O-])cc2)(c2cccc(C)c2)c2cccc(C)c2)c1. The minimum atomic E-state index is -3.37. The number of aliphatic hydroxyl groups excluding tert-OH is 2. The van der Waals surface area contributed by atoms with E-state index in [1.54, 1.807) is 0 Å². The second-order valence-corrected chi connectivity index (χ2v) is 19.2. The summed E-state index contributed by atoms with van der Waals surface area (Å²) in [6.07, 6.45) is 4.28. The van der Waals surface area contributed by atoms with Crippen LogP contribution in [0.5, 0.6) is 0 Å². The van der Waals surface area contributed by atoms with Gasteiger partial charge in [0.05, 0.1) is 4.92 Å². The van der Waals surface area contributed by atoms with Crippen LogP contribution < -0.4 is 21.2 Å². The van der Waals surface area contributed by atoms with Crippen LogP contribution in [0.1, 0.15) is 66.9 Å².